The smallest absolute Gasteiger partial charge is 0.323 e. The van der Waals surface area contributed by atoms with E-state index in [1.807, 2.05) is 0 Å². The summed E-state index contributed by atoms with van der Waals surface area (Å²) in [4.78, 5) is 0. The molecule has 96 valence electrons. The Labute approximate surface area is 101 Å². The lowest BCUT2D eigenvalue weighted by molar-refractivity contribution is -0.137. The van der Waals surface area contributed by atoms with E-state index in [0.717, 1.165) is 12.1 Å². The highest BCUT2D eigenvalue weighted by Gasteiger charge is 2.30. The summed E-state index contributed by atoms with van der Waals surface area (Å²) < 4.78 is 39.1. The van der Waals surface area contributed by atoms with Crippen LogP contribution in [0.1, 0.15) is 24.2 Å². The number of hydrogen-bond acceptors (Lipinski definition) is 3. The fraction of sp³-hybridized carbons (Fsp3) is 0.273. The molecule has 0 aliphatic carbocycles. The van der Waals surface area contributed by atoms with Gasteiger partial charge in [-0.2, -0.15) is 13.2 Å². The molecule has 4 nitrogen and oxygen atoms in total. The van der Waals surface area contributed by atoms with Gasteiger partial charge in [0.15, 0.2) is 0 Å². The van der Waals surface area contributed by atoms with Crippen molar-refractivity contribution in [1.82, 2.24) is 15.0 Å². The molecular formula is C11H11F3N4. The summed E-state index contributed by atoms with van der Waals surface area (Å²) in [5.74, 6) is 0. The topological polar surface area (TPSA) is 56.7 Å². The minimum Gasteiger partial charge on any atom is -0.323 e. The third kappa shape index (κ3) is 2.35. The largest absolute Gasteiger partial charge is 0.416 e. The van der Waals surface area contributed by atoms with E-state index in [4.69, 9.17) is 5.73 Å². The van der Waals surface area contributed by atoms with E-state index in [-0.39, 0.29) is 11.7 Å². The molecule has 2 N–H and O–H groups in total. The Balaban J connectivity index is 2.48. The summed E-state index contributed by atoms with van der Waals surface area (Å²) in [6, 6.07) is 4.50. The highest BCUT2D eigenvalue weighted by atomic mass is 19.4. The maximum atomic E-state index is 12.6. The number of nitrogens with two attached hydrogens (primary N) is 1. The first-order valence-electron chi connectivity index (χ1n) is 5.23. The summed E-state index contributed by atoms with van der Waals surface area (Å²) in [5, 5.41) is 7.41. The van der Waals surface area contributed by atoms with Crippen molar-refractivity contribution in [3.05, 3.63) is 41.7 Å². The minimum absolute atomic E-state index is 0.287. The fourth-order valence-electron chi connectivity index (χ4n) is 1.57. The van der Waals surface area contributed by atoms with Gasteiger partial charge >= 0.3 is 6.18 Å². The maximum Gasteiger partial charge on any atom is 0.416 e. The van der Waals surface area contributed by atoms with Crippen molar-refractivity contribution in [2.24, 2.45) is 5.73 Å². The molecule has 1 unspecified atom stereocenters. The van der Waals surface area contributed by atoms with Gasteiger partial charge in [0.2, 0.25) is 0 Å². The molecule has 18 heavy (non-hydrogen) atoms. The molecule has 0 bridgehead atoms. The second kappa shape index (κ2) is 4.41. The van der Waals surface area contributed by atoms with Gasteiger partial charge in [-0.1, -0.05) is 11.3 Å². The lowest BCUT2D eigenvalue weighted by Crippen LogP contribution is -2.13. The second-order valence-corrected chi connectivity index (χ2v) is 3.91. The van der Waals surface area contributed by atoms with Gasteiger partial charge < -0.3 is 5.73 Å². The number of aromatic nitrogens is 3. The van der Waals surface area contributed by atoms with Crippen molar-refractivity contribution in [2.45, 2.75) is 19.1 Å². The Hall–Kier alpha value is -1.89. The average Bonchev–Trinajstić information content (AvgIpc) is 2.77. The standard InChI is InChI=1S/C11H11F3N4/c1-7(15)10-6-16-17-18(10)9-4-2-3-8(5-9)11(12,13)14/h2-7H,15H2,1H3. The fourth-order valence-corrected chi connectivity index (χ4v) is 1.57. The molecule has 0 amide bonds. The second-order valence-electron chi connectivity index (χ2n) is 3.91. The zero-order valence-corrected chi connectivity index (χ0v) is 9.52. The van der Waals surface area contributed by atoms with Crippen molar-refractivity contribution < 1.29 is 13.2 Å². The molecule has 1 atom stereocenters. The summed E-state index contributed by atoms with van der Waals surface area (Å²) in [6.07, 6.45) is -2.95. The van der Waals surface area contributed by atoms with Gasteiger partial charge in [0.05, 0.1) is 23.1 Å². The Morgan fingerprint density at radius 2 is 2.06 bits per heavy atom. The van der Waals surface area contributed by atoms with Crippen molar-refractivity contribution in [3.63, 3.8) is 0 Å². The van der Waals surface area contributed by atoms with Crippen LogP contribution in [0.2, 0.25) is 0 Å². The Bertz CT molecular complexity index is 545. The number of halogens is 3. The summed E-state index contributed by atoms with van der Waals surface area (Å²) in [5.41, 5.74) is 5.80. The summed E-state index contributed by atoms with van der Waals surface area (Å²) in [6.45, 7) is 1.71. The number of alkyl halides is 3. The van der Waals surface area contributed by atoms with E-state index in [2.05, 4.69) is 10.3 Å². The lowest BCUT2D eigenvalue weighted by Gasteiger charge is -2.11. The first kappa shape index (κ1) is 12.6. The van der Waals surface area contributed by atoms with Crippen molar-refractivity contribution in [1.29, 1.82) is 0 Å². The molecule has 0 radical (unpaired) electrons. The van der Waals surface area contributed by atoms with Gasteiger partial charge in [-0.15, -0.1) is 5.10 Å². The molecule has 0 saturated heterocycles. The van der Waals surface area contributed by atoms with Gasteiger partial charge in [0.1, 0.15) is 0 Å². The molecule has 2 aromatic rings. The van der Waals surface area contributed by atoms with Gasteiger partial charge in [-0.3, -0.25) is 0 Å². The molecule has 7 heteroatoms. The molecule has 1 heterocycles. The highest BCUT2D eigenvalue weighted by molar-refractivity contribution is 5.37. The van der Waals surface area contributed by atoms with Crippen LogP contribution in [0.4, 0.5) is 13.2 Å². The van der Waals surface area contributed by atoms with Crippen LogP contribution in [-0.2, 0) is 6.18 Å². The first-order chi connectivity index (χ1) is 8.39. The maximum absolute atomic E-state index is 12.6. The van der Waals surface area contributed by atoms with Gasteiger partial charge in [-0.05, 0) is 25.1 Å². The molecule has 0 fully saturated rings. The number of nitrogens with zero attached hydrogens (tertiary/aromatic N) is 3. The SMILES string of the molecule is CC(N)c1cnnn1-c1cccc(C(F)(F)F)c1. The van der Waals surface area contributed by atoms with E-state index < -0.39 is 11.7 Å². The van der Waals surface area contributed by atoms with Gasteiger partial charge in [0, 0.05) is 6.04 Å². The molecule has 1 aromatic heterocycles. The number of benzene rings is 1. The molecule has 0 saturated carbocycles. The Kier molecular flexibility index (Phi) is 3.08. The van der Waals surface area contributed by atoms with Gasteiger partial charge in [-0.25, -0.2) is 4.68 Å². The Morgan fingerprint density at radius 3 is 2.67 bits per heavy atom. The zero-order valence-electron chi connectivity index (χ0n) is 9.52. The van der Waals surface area contributed by atoms with Crippen molar-refractivity contribution >= 4 is 0 Å². The molecule has 2 rings (SSSR count). The quantitative estimate of drug-likeness (QED) is 0.897. The normalized spacial score (nSPS) is 13.6. The third-order valence-electron chi connectivity index (χ3n) is 2.46. The highest BCUT2D eigenvalue weighted by Crippen LogP contribution is 2.30. The molecular weight excluding hydrogens is 245 g/mol. The first-order valence-corrected chi connectivity index (χ1v) is 5.23. The summed E-state index contributed by atoms with van der Waals surface area (Å²) in [7, 11) is 0. The van der Waals surface area contributed by atoms with Crippen molar-refractivity contribution in [3.8, 4) is 5.69 Å². The summed E-state index contributed by atoms with van der Waals surface area (Å²) >= 11 is 0. The predicted octanol–water partition coefficient (Wildman–Crippen LogP) is 2.31. The van der Waals surface area contributed by atoms with Crippen LogP contribution in [0.15, 0.2) is 30.5 Å². The molecule has 0 spiro atoms. The van der Waals surface area contributed by atoms with E-state index in [0.29, 0.717) is 5.69 Å². The molecule has 0 aliphatic heterocycles. The van der Waals surface area contributed by atoms with Crippen LogP contribution in [0.3, 0.4) is 0 Å². The molecule has 0 aliphatic rings. The molecule has 1 aromatic carbocycles. The number of hydrogen-bond donors (Lipinski definition) is 1. The van der Waals surface area contributed by atoms with E-state index in [1.165, 1.54) is 23.0 Å². The van der Waals surface area contributed by atoms with Crippen LogP contribution in [0.25, 0.3) is 5.69 Å². The van der Waals surface area contributed by atoms with Crippen LogP contribution >= 0.6 is 0 Å². The minimum atomic E-state index is -4.38. The van der Waals surface area contributed by atoms with Crippen LogP contribution < -0.4 is 5.73 Å². The Morgan fingerprint density at radius 1 is 1.33 bits per heavy atom. The monoisotopic (exact) mass is 256 g/mol. The van der Waals surface area contributed by atoms with Crippen LogP contribution in [0.5, 0.6) is 0 Å². The number of rotatable bonds is 2. The van der Waals surface area contributed by atoms with Gasteiger partial charge in [0.25, 0.3) is 0 Å². The average molecular weight is 256 g/mol. The van der Waals surface area contributed by atoms with E-state index in [9.17, 15) is 13.2 Å². The van der Waals surface area contributed by atoms with E-state index >= 15 is 0 Å². The lowest BCUT2D eigenvalue weighted by atomic mass is 10.2. The zero-order chi connectivity index (χ0) is 13.3. The third-order valence-corrected chi connectivity index (χ3v) is 2.46. The predicted molar refractivity (Wildman–Crippen MR) is 59.0 cm³/mol. The van der Waals surface area contributed by atoms with Crippen LogP contribution in [-0.4, -0.2) is 15.0 Å². The van der Waals surface area contributed by atoms with E-state index in [1.54, 1.807) is 6.92 Å². The van der Waals surface area contributed by atoms with Crippen LogP contribution in [0, 0.1) is 0 Å². The van der Waals surface area contributed by atoms with Crippen molar-refractivity contribution in [2.75, 3.05) is 0 Å².